The minimum Gasteiger partial charge on any atom is -0.353 e. The molecule has 4 atom stereocenters. The highest BCUT2D eigenvalue weighted by atomic mass is 32.2. The van der Waals surface area contributed by atoms with Gasteiger partial charge in [0, 0.05) is 31.0 Å². The van der Waals surface area contributed by atoms with Crippen molar-refractivity contribution in [2.24, 2.45) is 24.8 Å². The van der Waals surface area contributed by atoms with E-state index in [2.05, 4.69) is 27.4 Å². The summed E-state index contributed by atoms with van der Waals surface area (Å²) in [4.78, 5) is 16.5. The molecule has 2 fully saturated rings. The topological polar surface area (TPSA) is 72.7 Å². The highest BCUT2D eigenvalue weighted by molar-refractivity contribution is 7.99. The van der Waals surface area contributed by atoms with E-state index in [9.17, 15) is 4.79 Å². The van der Waals surface area contributed by atoms with Crippen LogP contribution < -0.4 is 5.32 Å². The predicted octanol–water partition coefficient (Wildman–Crippen LogP) is 2.91. The summed E-state index contributed by atoms with van der Waals surface area (Å²) in [5.74, 6) is 3.60. The lowest BCUT2D eigenvalue weighted by atomic mass is 9.84. The average molecular weight is 372 g/mol. The van der Waals surface area contributed by atoms with E-state index in [0.717, 1.165) is 28.4 Å². The molecule has 2 aliphatic carbocycles. The third-order valence-electron chi connectivity index (χ3n) is 5.91. The number of carbonyl (C=O) groups is 1. The normalized spacial score (nSPS) is 25.4. The Labute approximate surface area is 158 Å². The predicted molar refractivity (Wildman–Crippen MR) is 102 cm³/mol. The van der Waals surface area contributed by atoms with Crippen LogP contribution in [0.15, 0.2) is 29.7 Å². The number of thioether (sulfide) groups is 1. The SMILES string of the molecule is CC(NC(=O)CSc1nnc(-c2cccnc2)n1C)C1CC2CCC1C2. The van der Waals surface area contributed by atoms with Crippen molar-refractivity contribution in [1.29, 1.82) is 0 Å². The number of amides is 1. The van der Waals surface area contributed by atoms with E-state index in [1.165, 1.54) is 37.4 Å². The molecule has 4 rings (SSSR count). The van der Waals surface area contributed by atoms with Crippen molar-refractivity contribution >= 4 is 17.7 Å². The summed E-state index contributed by atoms with van der Waals surface area (Å²) in [7, 11) is 1.92. The lowest BCUT2D eigenvalue weighted by Gasteiger charge is -2.28. The maximum absolute atomic E-state index is 12.4. The Morgan fingerprint density at radius 2 is 2.27 bits per heavy atom. The van der Waals surface area contributed by atoms with Crippen LogP contribution in [0.25, 0.3) is 11.4 Å². The highest BCUT2D eigenvalue weighted by Gasteiger charge is 2.42. The second-order valence-corrected chi connectivity index (χ2v) is 8.53. The average Bonchev–Trinajstić information content (AvgIpc) is 3.36. The van der Waals surface area contributed by atoms with Gasteiger partial charge >= 0.3 is 0 Å². The summed E-state index contributed by atoms with van der Waals surface area (Å²) in [6, 6.07) is 4.10. The van der Waals surface area contributed by atoms with E-state index in [4.69, 9.17) is 0 Å². The molecule has 1 amide bonds. The summed E-state index contributed by atoms with van der Waals surface area (Å²) in [5.41, 5.74) is 0.920. The number of hydrogen-bond donors (Lipinski definition) is 1. The summed E-state index contributed by atoms with van der Waals surface area (Å²) in [6.07, 6.45) is 8.90. The molecule has 0 saturated heterocycles. The lowest BCUT2D eigenvalue weighted by Crippen LogP contribution is -2.40. The quantitative estimate of drug-likeness (QED) is 0.791. The summed E-state index contributed by atoms with van der Waals surface area (Å²) >= 11 is 1.43. The molecule has 0 radical (unpaired) electrons. The van der Waals surface area contributed by atoms with E-state index in [0.29, 0.717) is 11.7 Å². The van der Waals surface area contributed by atoms with Crippen molar-refractivity contribution < 1.29 is 4.79 Å². The molecule has 0 aliphatic heterocycles. The molecule has 2 aliphatic rings. The van der Waals surface area contributed by atoms with Gasteiger partial charge in [-0.2, -0.15) is 0 Å². The van der Waals surface area contributed by atoms with E-state index in [1.54, 1.807) is 12.4 Å². The van der Waals surface area contributed by atoms with Gasteiger partial charge in [-0.25, -0.2) is 0 Å². The number of pyridine rings is 1. The maximum atomic E-state index is 12.4. The Morgan fingerprint density at radius 3 is 2.96 bits per heavy atom. The minimum atomic E-state index is 0.0798. The van der Waals surface area contributed by atoms with Gasteiger partial charge in [-0.15, -0.1) is 10.2 Å². The van der Waals surface area contributed by atoms with Gasteiger partial charge < -0.3 is 9.88 Å². The molecular weight excluding hydrogens is 346 g/mol. The first-order valence-corrected chi connectivity index (χ1v) is 10.3. The van der Waals surface area contributed by atoms with Gasteiger partial charge in [0.1, 0.15) is 0 Å². The van der Waals surface area contributed by atoms with Crippen molar-refractivity contribution in [1.82, 2.24) is 25.1 Å². The molecule has 2 saturated carbocycles. The molecule has 0 aromatic carbocycles. The zero-order valence-corrected chi connectivity index (χ0v) is 16.1. The van der Waals surface area contributed by atoms with Crippen LogP contribution in [0, 0.1) is 17.8 Å². The van der Waals surface area contributed by atoms with Crippen LogP contribution in [-0.4, -0.2) is 37.5 Å². The number of nitrogens with zero attached hydrogens (tertiary/aromatic N) is 4. The first-order chi connectivity index (χ1) is 12.6. The smallest absolute Gasteiger partial charge is 0.230 e. The van der Waals surface area contributed by atoms with Crippen molar-refractivity contribution in [2.75, 3.05) is 5.75 Å². The summed E-state index contributed by atoms with van der Waals surface area (Å²) in [5, 5.41) is 12.4. The van der Waals surface area contributed by atoms with Gasteiger partial charge in [-0.05, 0) is 56.1 Å². The Balaban J connectivity index is 1.31. The van der Waals surface area contributed by atoms with Gasteiger partial charge in [0.15, 0.2) is 11.0 Å². The molecule has 4 unspecified atom stereocenters. The van der Waals surface area contributed by atoms with Crippen LogP contribution in [0.5, 0.6) is 0 Å². The van der Waals surface area contributed by atoms with Crippen molar-refractivity contribution in [3.05, 3.63) is 24.5 Å². The first-order valence-electron chi connectivity index (χ1n) is 9.33. The van der Waals surface area contributed by atoms with Crippen LogP contribution in [0.2, 0.25) is 0 Å². The Morgan fingerprint density at radius 1 is 1.38 bits per heavy atom. The fourth-order valence-corrected chi connectivity index (χ4v) is 5.35. The van der Waals surface area contributed by atoms with Crippen LogP contribution >= 0.6 is 11.8 Å². The van der Waals surface area contributed by atoms with E-state index < -0.39 is 0 Å². The van der Waals surface area contributed by atoms with E-state index in [1.807, 2.05) is 23.7 Å². The number of fused-ring (bicyclic) bond motifs is 2. The largest absolute Gasteiger partial charge is 0.353 e. The van der Waals surface area contributed by atoms with Crippen LogP contribution in [0.1, 0.15) is 32.6 Å². The molecule has 2 aromatic heterocycles. The van der Waals surface area contributed by atoms with Crippen molar-refractivity contribution in [3.8, 4) is 11.4 Å². The molecule has 2 aromatic rings. The van der Waals surface area contributed by atoms with Gasteiger partial charge in [0.05, 0.1) is 5.75 Å². The van der Waals surface area contributed by atoms with Crippen molar-refractivity contribution in [3.63, 3.8) is 0 Å². The Kier molecular flexibility index (Phi) is 4.98. The molecule has 0 spiro atoms. The molecule has 1 N–H and O–H groups in total. The Hall–Kier alpha value is -1.89. The number of nitrogens with one attached hydrogen (secondary N) is 1. The zero-order chi connectivity index (χ0) is 18.1. The maximum Gasteiger partial charge on any atom is 0.230 e. The summed E-state index contributed by atoms with van der Waals surface area (Å²) in [6.45, 7) is 2.16. The zero-order valence-electron chi connectivity index (χ0n) is 15.3. The number of rotatable bonds is 6. The summed E-state index contributed by atoms with van der Waals surface area (Å²) < 4.78 is 1.91. The van der Waals surface area contributed by atoms with E-state index in [-0.39, 0.29) is 11.9 Å². The van der Waals surface area contributed by atoms with Gasteiger partial charge in [0.2, 0.25) is 5.91 Å². The van der Waals surface area contributed by atoms with Crippen molar-refractivity contribution in [2.45, 2.75) is 43.8 Å². The highest BCUT2D eigenvalue weighted by Crippen LogP contribution is 2.49. The molecule has 2 bridgehead atoms. The van der Waals surface area contributed by atoms with Gasteiger partial charge in [-0.1, -0.05) is 18.2 Å². The number of carbonyl (C=O) groups excluding carboxylic acids is 1. The third-order valence-corrected chi connectivity index (χ3v) is 6.93. The monoisotopic (exact) mass is 371 g/mol. The van der Waals surface area contributed by atoms with Crippen LogP contribution in [0.3, 0.4) is 0 Å². The molecule has 7 heteroatoms. The second-order valence-electron chi connectivity index (χ2n) is 7.59. The molecule has 6 nitrogen and oxygen atoms in total. The minimum absolute atomic E-state index is 0.0798. The standard InChI is InChI=1S/C19H25N5OS/c1-12(16-9-13-5-6-14(16)8-13)21-17(25)11-26-19-23-22-18(24(19)2)15-4-3-7-20-10-15/h3-4,7,10,12-14,16H,5-6,8-9,11H2,1-2H3,(H,21,25). The molecule has 138 valence electrons. The van der Waals surface area contributed by atoms with Crippen LogP contribution in [0.4, 0.5) is 0 Å². The Bertz CT molecular complexity index is 777. The van der Waals surface area contributed by atoms with Crippen LogP contribution in [-0.2, 0) is 11.8 Å². The van der Waals surface area contributed by atoms with E-state index >= 15 is 0 Å². The molecule has 2 heterocycles. The fraction of sp³-hybridized carbons (Fsp3) is 0.579. The molecular formula is C19H25N5OS. The third kappa shape index (κ3) is 3.49. The fourth-order valence-electron chi connectivity index (χ4n) is 4.63. The second kappa shape index (κ2) is 7.39. The number of aromatic nitrogens is 4. The first kappa shape index (κ1) is 17.5. The molecule has 26 heavy (non-hydrogen) atoms. The number of hydrogen-bond acceptors (Lipinski definition) is 5. The lowest BCUT2D eigenvalue weighted by molar-refractivity contribution is -0.119. The van der Waals surface area contributed by atoms with Gasteiger partial charge in [-0.3, -0.25) is 9.78 Å². The van der Waals surface area contributed by atoms with Gasteiger partial charge in [0.25, 0.3) is 0 Å².